The molecule has 1 aromatic heterocycles. The average Bonchev–Trinajstić information content (AvgIpc) is 3.18. The standard InChI is InChI=1S/C27H42N4O3/c1-19(2)23-12-9-13-24(20(3)4)26(23)28-27(33)31(21(5)6)18-25(32)30(15-16-34-8)17-22-11-10-14-29(22)7/h9-14,19-21H,15-18H2,1-8H3,(H,28,33). The van der Waals surface area contributed by atoms with Crippen LogP contribution in [0.15, 0.2) is 36.5 Å². The zero-order valence-electron chi connectivity index (χ0n) is 22.1. The van der Waals surface area contributed by atoms with E-state index >= 15 is 0 Å². The molecule has 1 N–H and O–H groups in total. The van der Waals surface area contributed by atoms with Gasteiger partial charge in [-0.25, -0.2) is 4.79 Å². The Hall–Kier alpha value is -2.80. The SMILES string of the molecule is COCCN(Cc1cccn1C)C(=O)CN(C(=O)Nc1c(C(C)C)cccc1C(C)C)C(C)C. The third-order valence-corrected chi connectivity index (χ3v) is 6.12. The number of anilines is 1. The molecule has 0 fully saturated rings. The maximum Gasteiger partial charge on any atom is 0.322 e. The molecule has 0 aliphatic carbocycles. The van der Waals surface area contributed by atoms with Crippen molar-refractivity contribution in [3.63, 3.8) is 0 Å². The van der Waals surface area contributed by atoms with E-state index in [0.29, 0.717) is 19.7 Å². The van der Waals surface area contributed by atoms with Crippen LogP contribution >= 0.6 is 0 Å². The lowest BCUT2D eigenvalue weighted by Crippen LogP contribution is -2.48. The molecule has 0 saturated heterocycles. The number of nitrogens with one attached hydrogen (secondary N) is 1. The van der Waals surface area contributed by atoms with Crippen LogP contribution in [0.25, 0.3) is 0 Å². The number of benzene rings is 1. The number of rotatable bonds is 11. The summed E-state index contributed by atoms with van der Waals surface area (Å²) in [4.78, 5) is 30.2. The molecule has 188 valence electrons. The first-order valence-electron chi connectivity index (χ1n) is 12.1. The Kier molecular flexibility index (Phi) is 10.2. The van der Waals surface area contributed by atoms with E-state index in [2.05, 4.69) is 45.1 Å². The fourth-order valence-electron chi connectivity index (χ4n) is 3.96. The van der Waals surface area contributed by atoms with Gasteiger partial charge in [-0.2, -0.15) is 0 Å². The molecule has 34 heavy (non-hydrogen) atoms. The molecule has 0 spiro atoms. The maximum absolute atomic E-state index is 13.5. The summed E-state index contributed by atoms with van der Waals surface area (Å²) in [6, 6.07) is 9.71. The molecular weight excluding hydrogens is 428 g/mol. The Balaban J connectivity index is 2.26. The second kappa shape index (κ2) is 12.6. The first kappa shape index (κ1) is 27.4. The molecule has 0 radical (unpaired) electrons. The lowest BCUT2D eigenvalue weighted by molar-refractivity contribution is -0.133. The molecule has 7 nitrogen and oxygen atoms in total. The molecule has 0 aliphatic rings. The number of urea groups is 1. The van der Waals surface area contributed by atoms with Crippen molar-refractivity contribution in [3.8, 4) is 0 Å². The number of hydrogen-bond donors (Lipinski definition) is 1. The smallest absolute Gasteiger partial charge is 0.322 e. The molecule has 0 bridgehead atoms. The predicted molar refractivity (Wildman–Crippen MR) is 138 cm³/mol. The van der Waals surface area contributed by atoms with Gasteiger partial charge in [0.2, 0.25) is 5.91 Å². The van der Waals surface area contributed by atoms with Gasteiger partial charge in [-0.05, 0) is 48.9 Å². The number of ether oxygens (including phenoxy) is 1. The highest BCUT2D eigenvalue weighted by molar-refractivity contribution is 5.94. The van der Waals surface area contributed by atoms with Crippen molar-refractivity contribution < 1.29 is 14.3 Å². The van der Waals surface area contributed by atoms with Gasteiger partial charge in [0.05, 0.1) is 13.2 Å². The molecule has 2 rings (SSSR count). The Morgan fingerprint density at radius 3 is 2.09 bits per heavy atom. The number of carbonyl (C=O) groups excluding carboxylic acids is 2. The zero-order valence-corrected chi connectivity index (χ0v) is 22.1. The molecule has 0 atom stereocenters. The van der Waals surface area contributed by atoms with Crippen LogP contribution in [0.4, 0.5) is 10.5 Å². The summed E-state index contributed by atoms with van der Waals surface area (Å²) >= 11 is 0. The summed E-state index contributed by atoms with van der Waals surface area (Å²) in [5.74, 6) is 0.416. The normalized spacial score (nSPS) is 11.4. The Morgan fingerprint density at radius 1 is 1.00 bits per heavy atom. The first-order chi connectivity index (χ1) is 16.1. The summed E-state index contributed by atoms with van der Waals surface area (Å²) in [7, 11) is 3.58. The van der Waals surface area contributed by atoms with Crippen LogP contribution in [0.3, 0.4) is 0 Å². The second-order valence-electron chi connectivity index (χ2n) is 9.69. The van der Waals surface area contributed by atoms with Gasteiger partial charge in [-0.15, -0.1) is 0 Å². The van der Waals surface area contributed by atoms with Gasteiger partial charge in [-0.1, -0.05) is 45.9 Å². The van der Waals surface area contributed by atoms with E-state index < -0.39 is 0 Å². The van der Waals surface area contributed by atoms with Gasteiger partial charge in [0.1, 0.15) is 6.54 Å². The molecule has 0 aliphatic heterocycles. The van der Waals surface area contributed by atoms with Crippen molar-refractivity contribution in [2.45, 2.75) is 66.0 Å². The number of aromatic nitrogens is 1. The van der Waals surface area contributed by atoms with E-state index in [0.717, 1.165) is 22.5 Å². The number of para-hydroxylation sites is 1. The van der Waals surface area contributed by atoms with E-state index in [9.17, 15) is 9.59 Å². The van der Waals surface area contributed by atoms with Crippen LogP contribution in [0.5, 0.6) is 0 Å². The molecule has 1 heterocycles. The lowest BCUT2D eigenvalue weighted by Gasteiger charge is -2.31. The highest BCUT2D eigenvalue weighted by atomic mass is 16.5. The molecule has 0 saturated carbocycles. The molecule has 1 aromatic carbocycles. The van der Waals surface area contributed by atoms with Gasteiger partial charge < -0.3 is 24.4 Å². The van der Waals surface area contributed by atoms with E-state index in [-0.39, 0.29) is 36.4 Å². The number of aryl methyl sites for hydroxylation is 1. The molecule has 0 unspecified atom stereocenters. The van der Waals surface area contributed by atoms with Crippen molar-refractivity contribution >= 4 is 17.6 Å². The number of amides is 3. The number of carbonyl (C=O) groups is 2. The highest BCUT2D eigenvalue weighted by Gasteiger charge is 2.26. The van der Waals surface area contributed by atoms with E-state index in [1.54, 1.807) is 16.9 Å². The van der Waals surface area contributed by atoms with Crippen LogP contribution in [-0.2, 0) is 23.1 Å². The van der Waals surface area contributed by atoms with Crippen molar-refractivity contribution in [2.24, 2.45) is 7.05 Å². The van der Waals surface area contributed by atoms with Crippen LogP contribution in [0.1, 0.15) is 70.2 Å². The van der Waals surface area contributed by atoms with Crippen LogP contribution in [0.2, 0.25) is 0 Å². The van der Waals surface area contributed by atoms with Crippen molar-refractivity contribution in [1.82, 2.24) is 14.4 Å². The fraction of sp³-hybridized carbons (Fsp3) is 0.556. The summed E-state index contributed by atoms with van der Waals surface area (Å²) in [6.07, 6.45) is 1.96. The minimum atomic E-state index is -0.260. The van der Waals surface area contributed by atoms with E-state index in [1.165, 1.54) is 0 Å². The molecule has 2 aromatic rings. The number of methoxy groups -OCH3 is 1. The second-order valence-corrected chi connectivity index (χ2v) is 9.69. The largest absolute Gasteiger partial charge is 0.383 e. The van der Waals surface area contributed by atoms with Crippen LogP contribution < -0.4 is 5.32 Å². The van der Waals surface area contributed by atoms with Crippen LogP contribution in [0, 0.1) is 0 Å². The Labute approximate surface area is 205 Å². The lowest BCUT2D eigenvalue weighted by atomic mass is 9.93. The van der Waals surface area contributed by atoms with Crippen molar-refractivity contribution in [1.29, 1.82) is 0 Å². The molecule has 3 amide bonds. The summed E-state index contributed by atoms with van der Waals surface area (Å²) in [6.45, 7) is 13.7. The zero-order chi connectivity index (χ0) is 25.4. The number of hydrogen-bond acceptors (Lipinski definition) is 3. The highest BCUT2D eigenvalue weighted by Crippen LogP contribution is 2.32. The maximum atomic E-state index is 13.5. The Morgan fingerprint density at radius 2 is 1.62 bits per heavy atom. The monoisotopic (exact) mass is 470 g/mol. The topological polar surface area (TPSA) is 66.8 Å². The first-order valence-corrected chi connectivity index (χ1v) is 12.1. The quantitative estimate of drug-likeness (QED) is 0.491. The van der Waals surface area contributed by atoms with Crippen molar-refractivity contribution in [2.75, 3.05) is 32.1 Å². The van der Waals surface area contributed by atoms with E-state index in [4.69, 9.17) is 4.74 Å². The summed E-state index contributed by atoms with van der Waals surface area (Å²) in [5.41, 5.74) is 4.08. The molecule has 7 heteroatoms. The van der Waals surface area contributed by atoms with Gasteiger partial charge in [-0.3, -0.25) is 4.79 Å². The third kappa shape index (κ3) is 7.10. The summed E-state index contributed by atoms with van der Waals surface area (Å²) < 4.78 is 7.22. The van der Waals surface area contributed by atoms with Gasteiger partial charge in [0, 0.05) is 44.3 Å². The molecular formula is C27H42N4O3. The van der Waals surface area contributed by atoms with Gasteiger partial charge in [0.25, 0.3) is 0 Å². The summed E-state index contributed by atoms with van der Waals surface area (Å²) in [5, 5.41) is 3.15. The predicted octanol–water partition coefficient (Wildman–Crippen LogP) is 5.19. The third-order valence-electron chi connectivity index (χ3n) is 6.12. The Bertz CT molecular complexity index is 923. The number of nitrogens with zero attached hydrogens (tertiary/aromatic N) is 3. The van der Waals surface area contributed by atoms with Gasteiger partial charge in [0.15, 0.2) is 0 Å². The van der Waals surface area contributed by atoms with Crippen molar-refractivity contribution in [3.05, 3.63) is 53.3 Å². The van der Waals surface area contributed by atoms with E-state index in [1.807, 2.05) is 49.9 Å². The van der Waals surface area contributed by atoms with Gasteiger partial charge >= 0.3 is 6.03 Å². The minimum Gasteiger partial charge on any atom is -0.383 e. The average molecular weight is 471 g/mol. The minimum absolute atomic E-state index is 0.00149. The fourth-order valence-corrected chi connectivity index (χ4v) is 3.96. The van der Waals surface area contributed by atoms with Crippen LogP contribution in [-0.4, -0.2) is 59.2 Å².